The number of thioether (sulfide) groups is 1. The number of furan rings is 1. The molecular weight excluding hydrogens is 500 g/mol. The third-order valence-corrected chi connectivity index (χ3v) is 6.88. The Morgan fingerprint density at radius 1 is 0.974 bits per heavy atom. The van der Waals surface area contributed by atoms with E-state index in [1.807, 2.05) is 54.6 Å². The van der Waals surface area contributed by atoms with E-state index < -0.39 is 0 Å². The van der Waals surface area contributed by atoms with E-state index in [1.54, 1.807) is 37.3 Å². The van der Waals surface area contributed by atoms with Gasteiger partial charge in [0.05, 0.1) is 30.9 Å². The first-order valence-electron chi connectivity index (χ1n) is 12.9. The number of Topliss-reactive ketones (excluding diaryl/α,β-unsaturated/α-hetero) is 1. The van der Waals surface area contributed by atoms with Gasteiger partial charge in [-0.1, -0.05) is 56.3 Å². The molecule has 0 aliphatic rings. The number of benzene rings is 2. The number of amides is 1. The van der Waals surface area contributed by atoms with E-state index in [2.05, 4.69) is 24.5 Å². The number of rotatable bonds is 17. The highest BCUT2D eigenvalue weighted by Gasteiger charge is 2.22. The molecule has 0 fully saturated rings. The van der Waals surface area contributed by atoms with Gasteiger partial charge in [-0.2, -0.15) is 0 Å². The Hall–Kier alpha value is -3.23. The van der Waals surface area contributed by atoms with Gasteiger partial charge in [0, 0.05) is 12.6 Å². The molecule has 8 heteroatoms. The number of hydrogen-bond donors (Lipinski definition) is 2. The van der Waals surface area contributed by atoms with Gasteiger partial charge in [0.15, 0.2) is 23.9 Å². The monoisotopic (exact) mass is 538 g/mol. The fraction of sp³-hybridized carbons (Fsp3) is 0.400. The topological polar surface area (TPSA) is 89.8 Å². The maximum atomic E-state index is 13.2. The quantitative estimate of drug-likeness (QED) is 0.253. The van der Waals surface area contributed by atoms with Crippen molar-refractivity contribution >= 4 is 23.5 Å². The smallest absolute Gasteiger partial charge is 0.258 e. The molecule has 2 atom stereocenters. The van der Waals surface area contributed by atoms with Crippen LogP contribution in [0.1, 0.15) is 31.6 Å². The fourth-order valence-corrected chi connectivity index (χ4v) is 4.96. The highest BCUT2D eigenvalue weighted by atomic mass is 32.2. The normalized spacial score (nSPS) is 12.6. The minimum absolute atomic E-state index is 0.120. The zero-order chi connectivity index (χ0) is 27.2. The van der Waals surface area contributed by atoms with E-state index in [0.29, 0.717) is 41.9 Å². The molecule has 3 aromatic rings. The molecule has 2 N–H and O–H groups in total. The van der Waals surface area contributed by atoms with Gasteiger partial charge in [0.25, 0.3) is 5.91 Å². The van der Waals surface area contributed by atoms with Crippen molar-refractivity contribution in [1.29, 1.82) is 0 Å². The molecule has 0 aliphatic heterocycles. The van der Waals surface area contributed by atoms with Crippen molar-refractivity contribution in [3.8, 4) is 11.5 Å². The van der Waals surface area contributed by atoms with Crippen LogP contribution in [0.3, 0.4) is 0 Å². The van der Waals surface area contributed by atoms with E-state index in [1.165, 1.54) is 0 Å². The highest BCUT2D eigenvalue weighted by Crippen LogP contribution is 2.25. The Bertz CT molecular complexity index is 1100. The molecule has 38 heavy (non-hydrogen) atoms. The highest BCUT2D eigenvalue weighted by molar-refractivity contribution is 7.99. The van der Waals surface area contributed by atoms with Crippen LogP contribution in [0, 0.1) is 5.92 Å². The summed E-state index contributed by atoms with van der Waals surface area (Å²) in [6.07, 6.45) is 3.00. The predicted octanol–water partition coefficient (Wildman–Crippen LogP) is 4.90. The summed E-state index contributed by atoms with van der Waals surface area (Å²) in [5.41, 5.74) is 1.09. The summed E-state index contributed by atoms with van der Waals surface area (Å²) in [5, 5.41) is 6.53. The maximum absolute atomic E-state index is 13.2. The van der Waals surface area contributed by atoms with Crippen LogP contribution in [0.15, 0.2) is 77.4 Å². The minimum atomic E-state index is -0.363. The molecule has 0 radical (unpaired) electrons. The zero-order valence-electron chi connectivity index (χ0n) is 22.4. The Kier molecular flexibility index (Phi) is 12.3. The Labute approximate surface area is 229 Å². The third-order valence-electron chi connectivity index (χ3n) is 5.90. The Morgan fingerprint density at radius 3 is 2.39 bits per heavy atom. The first-order chi connectivity index (χ1) is 18.4. The van der Waals surface area contributed by atoms with Crippen molar-refractivity contribution in [2.75, 3.05) is 26.0 Å². The molecule has 0 aliphatic carbocycles. The SMILES string of the molecule is COc1ccccc1OCC(=O)NC(CNC(Cc1ccccc1)C(=O)CSCc1ccco1)CC(C)C. The summed E-state index contributed by atoms with van der Waals surface area (Å²) < 4.78 is 16.4. The molecular formula is C30H38N2O5S. The Balaban J connectivity index is 1.58. The van der Waals surface area contributed by atoms with Crippen molar-refractivity contribution in [1.82, 2.24) is 10.6 Å². The minimum Gasteiger partial charge on any atom is -0.493 e. The maximum Gasteiger partial charge on any atom is 0.258 e. The number of ketones is 1. The van der Waals surface area contributed by atoms with Gasteiger partial charge in [-0.05, 0) is 48.6 Å². The van der Waals surface area contributed by atoms with E-state index >= 15 is 0 Å². The van der Waals surface area contributed by atoms with Crippen LogP contribution in [0.4, 0.5) is 0 Å². The van der Waals surface area contributed by atoms with E-state index in [9.17, 15) is 9.59 Å². The number of methoxy groups -OCH3 is 1. The molecule has 204 valence electrons. The second kappa shape index (κ2) is 15.9. The van der Waals surface area contributed by atoms with Crippen molar-refractivity contribution in [2.45, 2.75) is 44.5 Å². The van der Waals surface area contributed by atoms with Crippen LogP contribution in [0.5, 0.6) is 11.5 Å². The molecule has 1 aromatic heterocycles. The number of ether oxygens (including phenoxy) is 2. The van der Waals surface area contributed by atoms with E-state index in [4.69, 9.17) is 13.9 Å². The first kappa shape index (κ1) is 29.3. The lowest BCUT2D eigenvalue weighted by Crippen LogP contribution is -2.49. The number of carbonyl (C=O) groups excluding carboxylic acids is 2. The van der Waals surface area contributed by atoms with Gasteiger partial charge in [-0.3, -0.25) is 9.59 Å². The van der Waals surface area contributed by atoms with Crippen LogP contribution in [-0.4, -0.2) is 49.8 Å². The summed E-state index contributed by atoms with van der Waals surface area (Å²) in [4.78, 5) is 26.0. The summed E-state index contributed by atoms with van der Waals surface area (Å²) in [7, 11) is 1.56. The number of carbonyl (C=O) groups is 2. The molecule has 0 saturated heterocycles. The van der Waals surface area contributed by atoms with Crippen molar-refractivity contribution < 1.29 is 23.5 Å². The van der Waals surface area contributed by atoms with Crippen molar-refractivity contribution in [3.05, 3.63) is 84.3 Å². The van der Waals surface area contributed by atoms with Gasteiger partial charge >= 0.3 is 0 Å². The molecule has 1 amide bonds. The Morgan fingerprint density at radius 2 is 1.71 bits per heavy atom. The van der Waals surface area contributed by atoms with Crippen LogP contribution in [-0.2, 0) is 21.8 Å². The molecule has 3 rings (SSSR count). The van der Waals surface area contributed by atoms with E-state index in [-0.39, 0.29) is 30.4 Å². The second-order valence-corrected chi connectivity index (χ2v) is 10.5. The summed E-state index contributed by atoms with van der Waals surface area (Å²) in [6.45, 7) is 4.58. The van der Waals surface area contributed by atoms with Crippen LogP contribution in [0.25, 0.3) is 0 Å². The van der Waals surface area contributed by atoms with Crippen LogP contribution >= 0.6 is 11.8 Å². The van der Waals surface area contributed by atoms with Gasteiger partial charge in [0.1, 0.15) is 5.76 Å². The number of para-hydroxylation sites is 2. The largest absolute Gasteiger partial charge is 0.493 e. The first-order valence-corrected chi connectivity index (χ1v) is 14.1. The standard InChI is InChI=1S/C30H38N2O5S/c1-22(2)16-24(32-30(34)19-37-29-14-8-7-13-28(29)35-3)18-31-26(17-23-10-5-4-6-11-23)27(33)21-38-20-25-12-9-15-36-25/h4-15,22,24,26,31H,16-21H2,1-3H3,(H,32,34). The van der Waals surface area contributed by atoms with Gasteiger partial charge in [-0.15, -0.1) is 11.8 Å². The van der Waals surface area contributed by atoms with Gasteiger partial charge < -0.3 is 24.5 Å². The summed E-state index contributed by atoms with van der Waals surface area (Å²) in [6, 6.07) is 20.5. The average molecular weight is 539 g/mol. The van der Waals surface area contributed by atoms with Crippen molar-refractivity contribution in [2.24, 2.45) is 5.92 Å². The molecule has 0 spiro atoms. The lowest BCUT2D eigenvalue weighted by Gasteiger charge is -2.25. The lowest BCUT2D eigenvalue weighted by molar-refractivity contribution is -0.123. The fourth-order valence-electron chi connectivity index (χ4n) is 4.09. The lowest BCUT2D eigenvalue weighted by atomic mass is 10.0. The van der Waals surface area contributed by atoms with Crippen LogP contribution in [0.2, 0.25) is 0 Å². The third kappa shape index (κ3) is 10.3. The second-order valence-electron chi connectivity index (χ2n) is 9.52. The zero-order valence-corrected chi connectivity index (χ0v) is 23.2. The van der Waals surface area contributed by atoms with E-state index in [0.717, 1.165) is 17.7 Å². The predicted molar refractivity (Wildman–Crippen MR) is 152 cm³/mol. The molecule has 0 bridgehead atoms. The molecule has 2 aromatic carbocycles. The van der Waals surface area contributed by atoms with Gasteiger partial charge in [0.2, 0.25) is 0 Å². The summed E-state index contributed by atoms with van der Waals surface area (Å²) in [5.74, 6) is 3.24. The summed E-state index contributed by atoms with van der Waals surface area (Å²) >= 11 is 1.54. The van der Waals surface area contributed by atoms with Crippen LogP contribution < -0.4 is 20.1 Å². The molecule has 2 unspecified atom stereocenters. The molecule has 7 nitrogen and oxygen atoms in total. The van der Waals surface area contributed by atoms with Gasteiger partial charge in [-0.25, -0.2) is 0 Å². The molecule has 1 heterocycles. The number of hydrogen-bond acceptors (Lipinski definition) is 7. The number of nitrogens with one attached hydrogen (secondary N) is 2. The average Bonchev–Trinajstić information content (AvgIpc) is 3.43. The van der Waals surface area contributed by atoms with Crippen molar-refractivity contribution in [3.63, 3.8) is 0 Å². The molecule has 0 saturated carbocycles.